The van der Waals surface area contributed by atoms with Crippen LogP contribution >= 0.6 is 0 Å². The molecular weight excluding hydrogens is 262 g/mol. The summed E-state index contributed by atoms with van der Waals surface area (Å²) in [6.07, 6.45) is 2.82. The highest BCUT2D eigenvalue weighted by Crippen LogP contribution is 2.15. The number of ether oxygens (including phenoxy) is 1. The molecule has 1 N–H and O–H groups in total. The topological polar surface area (TPSA) is 27.7 Å². The molecule has 1 aromatic rings. The van der Waals surface area contributed by atoms with Crippen LogP contribution in [0.5, 0.6) is 0 Å². The third-order valence-electron chi connectivity index (χ3n) is 4.54. The highest BCUT2D eigenvalue weighted by atomic mass is 16.5. The minimum absolute atomic E-state index is 0.483. The number of anilines is 1. The fraction of sp³-hybridized carbons (Fsp3) is 0.647. The van der Waals surface area contributed by atoms with Crippen molar-refractivity contribution in [1.29, 1.82) is 0 Å². The van der Waals surface area contributed by atoms with Gasteiger partial charge in [0.1, 0.15) is 0 Å². The lowest BCUT2D eigenvalue weighted by Gasteiger charge is -2.36. The second-order valence-electron chi connectivity index (χ2n) is 5.98. The molecule has 0 aliphatic carbocycles. The lowest BCUT2D eigenvalue weighted by Crippen LogP contribution is -2.47. The third kappa shape index (κ3) is 4.43. The number of nitrogens with zero attached hydrogens (tertiary/aromatic N) is 2. The zero-order valence-corrected chi connectivity index (χ0v) is 12.8. The quantitative estimate of drug-likeness (QED) is 0.891. The van der Waals surface area contributed by atoms with Crippen molar-refractivity contribution in [2.45, 2.75) is 18.9 Å². The SMILES string of the molecule is c1ccc(N2CCN(CCOC3CCNCC3)CC2)cc1. The van der Waals surface area contributed by atoms with Crippen molar-refractivity contribution in [2.24, 2.45) is 0 Å². The Kier molecular flexibility index (Phi) is 5.49. The molecule has 0 atom stereocenters. The first-order chi connectivity index (χ1) is 10.4. The van der Waals surface area contributed by atoms with Gasteiger partial charge in [0.25, 0.3) is 0 Å². The lowest BCUT2D eigenvalue weighted by atomic mass is 10.1. The Morgan fingerprint density at radius 2 is 1.71 bits per heavy atom. The molecule has 0 radical (unpaired) electrons. The van der Waals surface area contributed by atoms with E-state index in [2.05, 4.69) is 45.4 Å². The molecular formula is C17H27N3O. The van der Waals surface area contributed by atoms with Crippen LogP contribution in [0.4, 0.5) is 5.69 Å². The van der Waals surface area contributed by atoms with Crippen LogP contribution in [0.2, 0.25) is 0 Å². The molecule has 21 heavy (non-hydrogen) atoms. The summed E-state index contributed by atoms with van der Waals surface area (Å²) in [4.78, 5) is 5.00. The number of hydrogen-bond acceptors (Lipinski definition) is 4. The third-order valence-corrected chi connectivity index (χ3v) is 4.54. The van der Waals surface area contributed by atoms with Crippen LogP contribution in [-0.2, 0) is 4.74 Å². The van der Waals surface area contributed by atoms with Crippen molar-refractivity contribution in [1.82, 2.24) is 10.2 Å². The number of benzene rings is 1. The fourth-order valence-electron chi connectivity index (χ4n) is 3.18. The van der Waals surface area contributed by atoms with E-state index < -0.39 is 0 Å². The summed E-state index contributed by atoms with van der Waals surface area (Å²) in [5, 5.41) is 3.38. The summed E-state index contributed by atoms with van der Waals surface area (Å²) in [6.45, 7) is 8.72. The normalized spacial score (nSPS) is 21.6. The number of rotatable bonds is 5. The van der Waals surface area contributed by atoms with E-state index in [1.807, 2.05) is 0 Å². The van der Waals surface area contributed by atoms with Gasteiger partial charge < -0.3 is 15.0 Å². The van der Waals surface area contributed by atoms with Crippen LogP contribution in [0.25, 0.3) is 0 Å². The van der Waals surface area contributed by atoms with Gasteiger partial charge in [-0.2, -0.15) is 0 Å². The predicted molar refractivity (Wildman–Crippen MR) is 86.9 cm³/mol. The molecule has 0 aromatic heterocycles. The van der Waals surface area contributed by atoms with Crippen molar-refractivity contribution in [3.63, 3.8) is 0 Å². The maximum absolute atomic E-state index is 6.00. The molecule has 1 aromatic carbocycles. The van der Waals surface area contributed by atoms with Gasteiger partial charge in [0.05, 0.1) is 12.7 Å². The Morgan fingerprint density at radius 3 is 2.43 bits per heavy atom. The molecule has 4 heteroatoms. The minimum Gasteiger partial charge on any atom is -0.377 e. The van der Waals surface area contributed by atoms with E-state index in [0.717, 1.165) is 52.4 Å². The summed E-state index contributed by atoms with van der Waals surface area (Å²) in [6, 6.07) is 10.7. The molecule has 0 saturated carbocycles. The zero-order valence-electron chi connectivity index (χ0n) is 12.8. The van der Waals surface area contributed by atoms with Gasteiger partial charge in [-0.3, -0.25) is 4.90 Å². The van der Waals surface area contributed by atoms with Gasteiger partial charge in [0, 0.05) is 38.4 Å². The highest BCUT2D eigenvalue weighted by Gasteiger charge is 2.18. The predicted octanol–water partition coefficient (Wildman–Crippen LogP) is 1.58. The first kappa shape index (κ1) is 14.8. The van der Waals surface area contributed by atoms with Gasteiger partial charge in [-0.1, -0.05) is 18.2 Å². The Hall–Kier alpha value is -1.10. The molecule has 3 rings (SSSR count). The smallest absolute Gasteiger partial charge is 0.0600 e. The molecule has 4 nitrogen and oxygen atoms in total. The zero-order chi connectivity index (χ0) is 14.3. The Bertz CT molecular complexity index is 398. The number of piperidine rings is 1. The molecule has 2 saturated heterocycles. The summed E-state index contributed by atoms with van der Waals surface area (Å²) in [5.74, 6) is 0. The Labute approximate surface area is 128 Å². The molecule has 2 aliphatic rings. The van der Waals surface area contributed by atoms with Crippen LogP contribution in [-0.4, -0.2) is 63.4 Å². The largest absolute Gasteiger partial charge is 0.377 e. The monoisotopic (exact) mass is 289 g/mol. The van der Waals surface area contributed by atoms with E-state index in [1.165, 1.54) is 18.5 Å². The molecule has 2 aliphatic heterocycles. The van der Waals surface area contributed by atoms with Crippen LogP contribution in [0.3, 0.4) is 0 Å². The van der Waals surface area contributed by atoms with Crippen LogP contribution in [0.15, 0.2) is 30.3 Å². The van der Waals surface area contributed by atoms with Gasteiger partial charge in [0.15, 0.2) is 0 Å². The molecule has 0 spiro atoms. The number of nitrogens with one attached hydrogen (secondary N) is 1. The van der Waals surface area contributed by atoms with Crippen molar-refractivity contribution < 1.29 is 4.74 Å². The van der Waals surface area contributed by atoms with Crippen LogP contribution in [0.1, 0.15) is 12.8 Å². The number of piperazine rings is 1. The van der Waals surface area contributed by atoms with Crippen molar-refractivity contribution in [3.8, 4) is 0 Å². The van der Waals surface area contributed by atoms with E-state index in [4.69, 9.17) is 4.74 Å². The first-order valence-corrected chi connectivity index (χ1v) is 8.26. The van der Waals surface area contributed by atoms with Crippen molar-refractivity contribution in [3.05, 3.63) is 30.3 Å². The average molecular weight is 289 g/mol. The van der Waals surface area contributed by atoms with E-state index in [1.54, 1.807) is 0 Å². The second-order valence-corrected chi connectivity index (χ2v) is 5.98. The van der Waals surface area contributed by atoms with Gasteiger partial charge >= 0.3 is 0 Å². The average Bonchev–Trinajstić information content (AvgIpc) is 2.57. The van der Waals surface area contributed by atoms with Crippen molar-refractivity contribution >= 4 is 5.69 Å². The van der Waals surface area contributed by atoms with Gasteiger partial charge in [-0.25, -0.2) is 0 Å². The first-order valence-electron chi connectivity index (χ1n) is 8.26. The molecule has 0 unspecified atom stereocenters. The van der Waals surface area contributed by atoms with Gasteiger partial charge in [0.2, 0.25) is 0 Å². The number of hydrogen-bond donors (Lipinski definition) is 1. The Balaban J connectivity index is 1.34. The maximum atomic E-state index is 6.00. The maximum Gasteiger partial charge on any atom is 0.0600 e. The molecule has 0 amide bonds. The molecule has 0 bridgehead atoms. The highest BCUT2D eigenvalue weighted by molar-refractivity contribution is 5.46. The summed E-state index contributed by atoms with van der Waals surface area (Å²) >= 11 is 0. The fourth-order valence-corrected chi connectivity index (χ4v) is 3.18. The van der Waals surface area contributed by atoms with E-state index in [-0.39, 0.29) is 0 Å². The summed E-state index contributed by atoms with van der Waals surface area (Å²) in [5.41, 5.74) is 1.35. The van der Waals surface area contributed by atoms with E-state index in [9.17, 15) is 0 Å². The van der Waals surface area contributed by atoms with Gasteiger partial charge in [-0.15, -0.1) is 0 Å². The summed E-state index contributed by atoms with van der Waals surface area (Å²) in [7, 11) is 0. The number of para-hydroxylation sites is 1. The second kappa shape index (κ2) is 7.78. The molecule has 116 valence electrons. The molecule has 2 fully saturated rings. The van der Waals surface area contributed by atoms with Crippen LogP contribution in [0, 0.1) is 0 Å². The lowest BCUT2D eigenvalue weighted by molar-refractivity contribution is 0.0195. The van der Waals surface area contributed by atoms with E-state index in [0.29, 0.717) is 6.10 Å². The standard InChI is InChI=1S/C17H27N3O/c1-2-4-16(5-3-1)20-12-10-19(11-13-20)14-15-21-17-6-8-18-9-7-17/h1-5,17-18H,6-15H2. The van der Waals surface area contributed by atoms with E-state index >= 15 is 0 Å². The Morgan fingerprint density at radius 1 is 1.00 bits per heavy atom. The molecule has 2 heterocycles. The summed E-state index contributed by atoms with van der Waals surface area (Å²) < 4.78 is 6.00. The minimum atomic E-state index is 0.483. The van der Waals surface area contributed by atoms with Crippen LogP contribution < -0.4 is 10.2 Å². The van der Waals surface area contributed by atoms with Crippen molar-refractivity contribution in [2.75, 3.05) is 57.3 Å². The van der Waals surface area contributed by atoms with Gasteiger partial charge in [-0.05, 0) is 38.1 Å².